The van der Waals surface area contributed by atoms with E-state index in [0.717, 1.165) is 0 Å². The molecule has 0 bridgehead atoms. The first-order valence-electron chi connectivity index (χ1n) is 7.42. The SMILES string of the molecule is COc1cc(/C=C(/C#N)c2cccc([N+](=O)[O-])c2)cc(Br)c1OCC(=O)[O-]. The number of hydrogen-bond donors (Lipinski definition) is 0. The molecular formula is C18H12BrN2O6-. The predicted octanol–water partition coefficient (Wildman–Crippen LogP) is 2.56. The van der Waals surface area contributed by atoms with E-state index >= 15 is 0 Å². The number of aliphatic carboxylic acids is 1. The molecule has 0 aliphatic heterocycles. The van der Waals surface area contributed by atoms with Crippen LogP contribution in [0.4, 0.5) is 5.69 Å². The number of benzene rings is 2. The van der Waals surface area contributed by atoms with Crippen LogP contribution in [0.25, 0.3) is 11.6 Å². The topological polar surface area (TPSA) is 126 Å². The molecule has 0 N–H and O–H groups in total. The molecule has 2 rings (SSSR count). The number of carboxylic acid groups (broad SMARTS) is 1. The van der Waals surface area contributed by atoms with Crippen LogP contribution in [0.5, 0.6) is 11.5 Å². The van der Waals surface area contributed by atoms with Crippen LogP contribution in [0, 0.1) is 21.4 Å². The van der Waals surface area contributed by atoms with E-state index in [1.165, 1.54) is 31.4 Å². The smallest absolute Gasteiger partial charge is 0.270 e. The highest BCUT2D eigenvalue weighted by atomic mass is 79.9. The van der Waals surface area contributed by atoms with E-state index in [4.69, 9.17) is 9.47 Å². The summed E-state index contributed by atoms with van der Waals surface area (Å²) in [7, 11) is 1.38. The molecule has 0 fully saturated rings. The Kier molecular flexibility index (Phi) is 6.51. The number of methoxy groups -OCH3 is 1. The quantitative estimate of drug-likeness (QED) is 0.285. The summed E-state index contributed by atoms with van der Waals surface area (Å²) in [5, 5.41) is 30.9. The number of ether oxygens (including phenoxy) is 2. The molecule has 2 aromatic carbocycles. The molecular weight excluding hydrogens is 420 g/mol. The van der Waals surface area contributed by atoms with Crippen molar-refractivity contribution < 1.29 is 24.3 Å². The Morgan fingerprint density at radius 3 is 2.70 bits per heavy atom. The number of allylic oxidation sites excluding steroid dienone is 1. The lowest BCUT2D eigenvalue weighted by Gasteiger charge is -2.14. The molecule has 138 valence electrons. The molecule has 0 heterocycles. The Morgan fingerprint density at radius 1 is 1.37 bits per heavy atom. The van der Waals surface area contributed by atoms with Crippen LogP contribution in [0.15, 0.2) is 40.9 Å². The number of carboxylic acids is 1. The van der Waals surface area contributed by atoms with E-state index in [2.05, 4.69) is 15.9 Å². The summed E-state index contributed by atoms with van der Waals surface area (Å²) in [5.74, 6) is -0.966. The van der Waals surface area contributed by atoms with Gasteiger partial charge in [-0.25, -0.2) is 0 Å². The summed E-state index contributed by atoms with van der Waals surface area (Å²) in [6.07, 6.45) is 1.52. The number of halogens is 1. The number of nitriles is 1. The fourth-order valence-electron chi connectivity index (χ4n) is 2.23. The Hall–Kier alpha value is -3.38. The molecule has 0 saturated carbocycles. The zero-order valence-electron chi connectivity index (χ0n) is 14.0. The molecule has 0 saturated heterocycles. The summed E-state index contributed by atoms with van der Waals surface area (Å²) in [6, 6.07) is 10.9. The number of nitro benzene ring substituents is 1. The molecule has 0 aliphatic rings. The van der Waals surface area contributed by atoms with Crippen molar-refractivity contribution in [1.82, 2.24) is 0 Å². The molecule has 8 nitrogen and oxygen atoms in total. The number of nitro groups is 1. The largest absolute Gasteiger partial charge is 0.546 e. The van der Waals surface area contributed by atoms with Crippen molar-refractivity contribution in [3.05, 3.63) is 62.1 Å². The van der Waals surface area contributed by atoms with Gasteiger partial charge >= 0.3 is 0 Å². The van der Waals surface area contributed by atoms with Crippen LogP contribution in [-0.2, 0) is 4.79 Å². The van der Waals surface area contributed by atoms with Gasteiger partial charge in [0.1, 0.15) is 6.61 Å². The summed E-state index contributed by atoms with van der Waals surface area (Å²) in [5.41, 5.74) is 1.01. The third-order valence-corrected chi connectivity index (χ3v) is 3.97. The van der Waals surface area contributed by atoms with Gasteiger partial charge in [-0.3, -0.25) is 10.1 Å². The maximum atomic E-state index is 10.9. The fraction of sp³-hybridized carbons (Fsp3) is 0.111. The molecule has 0 aromatic heterocycles. The molecule has 0 atom stereocenters. The number of nitrogens with zero attached hydrogens (tertiary/aromatic N) is 2. The van der Waals surface area contributed by atoms with Crippen LogP contribution in [0.1, 0.15) is 11.1 Å². The van der Waals surface area contributed by atoms with Gasteiger partial charge in [0.15, 0.2) is 11.5 Å². The van der Waals surface area contributed by atoms with Crippen LogP contribution < -0.4 is 14.6 Å². The predicted molar refractivity (Wildman–Crippen MR) is 97.8 cm³/mol. The zero-order chi connectivity index (χ0) is 20.0. The molecule has 0 amide bonds. The van der Waals surface area contributed by atoms with Crippen LogP contribution in [-0.4, -0.2) is 24.6 Å². The third-order valence-electron chi connectivity index (χ3n) is 3.39. The molecule has 0 aliphatic carbocycles. The Labute approximate surface area is 162 Å². The lowest BCUT2D eigenvalue weighted by Crippen LogP contribution is -2.29. The van der Waals surface area contributed by atoms with E-state index in [9.17, 15) is 25.3 Å². The second-order valence-electron chi connectivity index (χ2n) is 5.17. The fourth-order valence-corrected chi connectivity index (χ4v) is 2.80. The minimum absolute atomic E-state index is 0.126. The summed E-state index contributed by atoms with van der Waals surface area (Å²) < 4.78 is 10.7. The van der Waals surface area contributed by atoms with Gasteiger partial charge in [0.2, 0.25) is 0 Å². The van der Waals surface area contributed by atoms with Gasteiger partial charge in [-0.2, -0.15) is 5.26 Å². The highest BCUT2D eigenvalue weighted by Gasteiger charge is 2.13. The molecule has 0 radical (unpaired) electrons. The van der Waals surface area contributed by atoms with Crippen molar-refractivity contribution in [1.29, 1.82) is 5.26 Å². The van der Waals surface area contributed by atoms with Gasteiger partial charge < -0.3 is 19.4 Å². The second kappa shape index (κ2) is 8.82. The highest BCUT2D eigenvalue weighted by molar-refractivity contribution is 9.10. The zero-order valence-corrected chi connectivity index (χ0v) is 15.6. The average molecular weight is 432 g/mol. The minimum Gasteiger partial charge on any atom is -0.546 e. The number of rotatable bonds is 7. The Balaban J connectivity index is 2.45. The van der Waals surface area contributed by atoms with Crippen molar-refractivity contribution in [2.45, 2.75) is 0 Å². The van der Waals surface area contributed by atoms with Gasteiger partial charge in [-0.15, -0.1) is 0 Å². The lowest BCUT2D eigenvalue weighted by atomic mass is 10.0. The second-order valence-corrected chi connectivity index (χ2v) is 6.03. The Morgan fingerprint density at radius 2 is 2.11 bits per heavy atom. The maximum Gasteiger partial charge on any atom is 0.270 e. The monoisotopic (exact) mass is 431 g/mol. The van der Waals surface area contributed by atoms with E-state index in [1.54, 1.807) is 18.2 Å². The molecule has 0 spiro atoms. The average Bonchev–Trinajstić information content (AvgIpc) is 2.64. The molecule has 0 unspecified atom stereocenters. The normalized spacial score (nSPS) is 10.8. The lowest BCUT2D eigenvalue weighted by molar-refractivity contribution is -0.384. The first-order chi connectivity index (χ1) is 12.8. The van der Waals surface area contributed by atoms with Gasteiger partial charge in [0.25, 0.3) is 5.69 Å². The highest BCUT2D eigenvalue weighted by Crippen LogP contribution is 2.37. The van der Waals surface area contributed by atoms with Crippen LogP contribution in [0.3, 0.4) is 0 Å². The van der Waals surface area contributed by atoms with Gasteiger partial charge in [-0.1, -0.05) is 12.1 Å². The van der Waals surface area contributed by atoms with Crippen molar-refractivity contribution in [3.63, 3.8) is 0 Å². The summed E-state index contributed by atoms with van der Waals surface area (Å²) in [4.78, 5) is 21.0. The number of carbonyl (C=O) groups is 1. The number of non-ortho nitro benzene ring substituents is 1. The molecule has 9 heteroatoms. The first-order valence-corrected chi connectivity index (χ1v) is 8.21. The van der Waals surface area contributed by atoms with Gasteiger partial charge in [0.05, 0.1) is 34.1 Å². The van der Waals surface area contributed by atoms with E-state index in [0.29, 0.717) is 15.6 Å². The third kappa shape index (κ3) is 5.05. The minimum atomic E-state index is -1.38. The van der Waals surface area contributed by atoms with Crippen LogP contribution in [0.2, 0.25) is 0 Å². The van der Waals surface area contributed by atoms with E-state index < -0.39 is 17.5 Å². The summed E-state index contributed by atoms with van der Waals surface area (Å²) >= 11 is 3.27. The standard InChI is InChI=1S/C18H13BrN2O6/c1-26-16-7-11(6-15(19)18(16)27-10-17(22)23)5-13(9-20)12-3-2-4-14(8-12)21(24)25/h2-8H,10H2,1H3,(H,22,23)/p-1/b13-5-. The number of hydrogen-bond acceptors (Lipinski definition) is 7. The summed E-state index contributed by atoms with van der Waals surface area (Å²) in [6.45, 7) is -0.652. The molecule has 27 heavy (non-hydrogen) atoms. The van der Waals surface area contributed by atoms with Crippen molar-refractivity contribution >= 4 is 39.2 Å². The molecule has 2 aromatic rings. The Bertz CT molecular complexity index is 965. The van der Waals surface area contributed by atoms with E-state index in [-0.39, 0.29) is 22.8 Å². The van der Waals surface area contributed by atoms with Gasteiger partial charge in [0, 0.05) is 12.1 Å². The van der Waals surface area contributed by atoms with Crippen LogP contribution >= 0.6 is 15.9 Å². The van der Waals surface area contributed by atoms with E-state index in [1.807, 2.05) is 6.07 Å². The maximum absolute atomic E-state index is 10.9. The first kappa shape index (κ1) is 19.9. The van der Waals surface area contributed by atoms with Gasteiger partial charge in [-0.05, 0) is 45.3 Å². The van der Waals surface area contributed by atoms with Crippen molar-refractivity contribution in [2.75, 3.05) is 13.7 Å². The number of carbonyl (C=O) groups excluding carboxylic acids is 1. The van der Waals surface area contributed by atoms with Crippen molar-refractivity contribution in [3.8, 4) is 17.6 Å². The van der Waals surface area contributed by atoms with Crippen molar-refractivity contribution in [2.24, 2.45) is 0 Å².